The van der Waals surface area contributed by atoms with Gasteiger partial charge in [-0.25, -0.2) is 9.97 Å². The van der Waals surface area contributed by atoms with Gasteiger partial charge < -0.3 is 5.32 Å². The summed E-state index contributed by atoms with van der Waals surface area (Å²) in [4.78, 5) is 8.89. The van der Waals surface area contributed by atoms with E-state index in [4.69, 9.17) is 0 Å². The maximum atomic E-state index is 9.21. The minimum absolute atomic E-state index is 0.398. The lowest BCUT2D eigenvalue weighted by Crippen LogP contribution is -2.01. The number of rotatable bonds is 3. The van der Waals surface area contributed by atoms with Crippen molar-refractivity contribution in [2.75, 3.05) is 5.32 Å². The van der Waals surface area contributed by atoms with Gasteiger partial charge in [0.2, 0.25) is 0 Å². The van der Waals surface area contributed by atoms with Crippen molar-refractivity contribution in [2.45, 2.75) is 33.6 Å². The zero-order valence-electron chi connectivity index (χ0n) is 11.5. The Balaban J connectivity index is 2.35. The van der Waals surface area contributed by atoms with Gasteiger partial charge in [0.25, 0.3) is 0 Å². The Hall–Kier alpha value is -1.93. The van der Waals surface area contributed by atoms with Gasteiger partial charge in [-0.3, -0.25) is 0 Å². The van der Waals surface area contributed by atoms with E-state index in [9.17, 15) is 5.26 Å². The van der Waals surface area contributed by atoms with Crippen LogP contribution in [0.3, 0.4) is 0 Å². The molecule has 2 heterocycles. The third-order valence-electron chi connectivity index (χ3n) is 2.80. The van der Waals surface area contributed by atoms with Crippen LogP contribution in [0.15, 0.2) is 11.4 Å². The quantitative estimate of drug-likeness (QED) is 0.920. The number of thiazole rings is 1. The first-order valence-electron chi connectivity index (χ1n) is 6.12. The predicted octanol–water partition coefficient (Wildman–Crippen LogP) is 3.89. The fourth-order valence-corrected chi connectivity index (χ4v) is 2.65. The molecule has 4 nitrogen and oxygen atoms in total. The van der Waals surface area contributed by atoms with E-state index >= 15 is 0 Å². The van der Waals surface area contributed by atoms with Gasteiger partial charge in [0.1, 0.15) is 6.07 Å². The van der Waals surface area contributed by atoms with Crippen LogP contribution in [0.1, 0.15) is 42.3 Å². The molecule has 0 unspecified atom stereocenters. The van der Waals surface area contributed by atoms with Gasteiger partial charge in [-0.05, 0) is 31.4 Å². The average molecular weight is 272 g/mol. The summed E-state index contributed by atoms with van der Waals surface area (Å²) in [5, 5.41) is 15.2. The van der Waals surface area contributed by atoms with Crippen LogP contribution in [0, 0.1) is 25.2 Å². The molecule has 0 aliphatic heterocycles. The topological polar surface area (TPSA) is 61.6 Å². The van der Waals surface area contributed by atoms with Crippen LogP contribution in [0.2, 0.25) is 0 Å². The maximum absolute atomic E-state index is 9.21. The second kappa shape index (κ2) is 5.37. The van der Waals surface area contributed by atoms with Crippen molar-refractivity contribution in [2.24, 2.45) is 0 Å². The Morgan fingerprint density at radius 1 is 1.32 bits per heavy atom. The second-order valence-corrected chi connectivity index (χ2v) is 5.63. The van der Waals surface area contributed by atoms with E-state index in [1.54, 1.807) is 0 Å². The molecule has 0 bridgehead atoms. The van der Waals surface area contributed by atoms with Crippen molar-refractivity contribution >= 4 is 22.3 Å². The Kier molecular flexibility index (Phi) is 3.82. The van der Waals surface area contributed by atoms with Crippen LogP contribution >= 0.6 is 11.3 Å². The summed E-state index contributed by atoms with van der Waals surface area (Å²) in [6, 6.07) is 4.10. The number of aryl methyl sites for hydroxylation is 2. The van der Waals surface area contributed by atoms with Crippen molar-refractivity contribution in [1.82, 2.24) is 9.97 Å². The SMILES string of the molecule is Cc1cc(C)c(C#N)c(Nc2nc(C(C)C)cs2)n1. The standard InChI is InChI=1S/C14H16N4S/c1-8(2)12-7-19-14(17-12)18-13-11(6-15)9(3)5-10(4)16-13/h5,7-8H,1-4H3,(H,16,17,18). The number of hydrogen-bond donors (Lipinski definition) is 1. The monoisotopic (exact) mass is 272 g/mol. The summed E-state index contributed by atoms with van der Waals surface area (Å²) >= 11 is 1.53. The summed E-state index contributed by atoms with van der Waals surface area (Å²) in [5.41, 5.74) is 3.44. The first-order chi connectivity index (χ1) is 9.01. The molecule has 1 N–H and O–H groups in total. The number of nitrogens with one attached hydrogen (secondary N) is 1. The van der Waals surface area contributed by atoms with Gasteiger partial charge in [0.15, 0.2) is 10.9 Å². The molecule has 0 aromatic carbocycles. The van der Waals surface area contributed by atoms with E-state index in [0.717, 1.165) is 22.1 Å². The van der Waals surface area contributed by atoms with Gasteiger partial charge in [0, 0.05) is 11.1 Å². The molecule has 0 fully saturated rings. The van der Waals surface area contributed by atoms with Crippen molar-refractivity contribution in [3.8, 4) is 6.07 Å². The highest BCUT2D eigenvalue weighted by molar-refractivity contribution is 7.13. The molecule has 0 atom stereocenters. The summed E-state index contributed by atoms with van der Waals surface area (Å²) in [5.74, 6) is 0.985. The molecular weight excluding hydrogens is 256 g/mol. The fraction of sp³-hybridized carbons (Fsp3) is 0.357. The molecule has 98 valence electrons. The minimum Gasteiger partial charge on any atom is -0.315 e. The molecule has 2 aromatic heterocycles. The first kappa shape index (κ1) is 13.5. The normalized spacial score (nSPS) is 10.5. The van der Waals surface area contributed by atoms with E-state index in [2.05, 4.69) is 35.2 Å². The highest BCUT2D eigenvalue weighted by Crippen LogP contribution is 2.26. The summed E-state index contributed by atoms with van der Waals surface area (Å²) in [6.45, 7) is 8.05. The highest BCUT2D eigenvalue weighted by Gasteiger charge is 2.11. The molecule has 2 rings (SSSR count). The molecule has 0 saturated carbocycles. The van der Waals surface area contributed by atoms with Crippen LogP contribution in [-0.2, 0) is 0 Å². The molecule has 0 aliphatic rings. The number of aromatic nitrogens is 2. The molecule has 0 aliphatic carbocycles. The molecule has 0 spiro atoms. The largest absolute Gasteiger partial charge is 0.315 e. The molecule has 0 saturated heterocycles. The maximum Gasteiger partial charge on any atom is 0.188 e. The van der Waals surface area contributed by atoms with Crippen molar-refractivity contribution in [1.29, 1.82) is 5.26 Å². The number of anilines is 2. The summed E-state index contributed by atoms with van der Waals surface area (Å²) < 4.78 is 0. The zero-order chi connectivity index (χ0) is 14.0. The molecule has 0 amide bonds. The average Bonchev–Trinajstić information content (AvgIpc) is 2.77. The van der Waals surface area contributed by atoms with Crippen molar-refractivity contribution in [3.05, 3.63) is 34.0 Å². The van der Waals surface area contributed by atoms with Gasteiger partial charge >= 0.3 is 0 Å². The van der Waals surface area contributed by atoms with Gasteiger partial charge in [-0.1, -0.05) is 13.8 Å². The van der Waals surface area contributed by atoms with Crippen molar-refractivity contribution in [3.63, 3.8) is 0 Å². The van der Waals surface area contributed by atoms with E-state index in [0.29, 0.717) is 17.3 Å². The number of nitrogens with zero attached hydrogens (tertiary/aromatic N) is 3. The van der Waals surface area contributed by atoms with Gasteiger partial charge in [-0.15, -0.1) is 11.3 Å². The van der Waals surface area contributed by atoms with Crippen LogP contribution in [-0.4, -0.2) is 9.97 Å². The Bertz CT molecular complexity index is 637. The minimum atomic E-state index is 0.398. The number of pyridine rings is 1. The fourth-order valence-electron chi connectivity index (χ4n) is 1.78. The zero-order valence-corrected chi connectivity index (χ0v) is 12.3. The number of nitriles is 1. The second-order valence-electron chi connectivity index (χ2n) is 4.77. The lowest BCUT2D eigenvalue weighted by atomic mass is 10.1. The van der Waals surface area contributed by atoms with Gasteiger partial charge in [0.05, 0.1) is 11.3 Å². The molecule has 19 heavy (non-hydrogen) atoms. The molecule has 5 heteroatoms. The smallest absolute Gasteiger partial charge is 0.188 e. The predicted molar refractivity (Wildman–Crippen MR) is 77.9 cm³/mol. The Morgan fingerprint density at radius 2 is 2.05 bits per heavy atom. The van der Waals surface area contributed by atoms with E-state index < -0.39 is 0 Å². The first-order valence-corrected chi connectivity index (χ1v) is 7.00. The lowest BCUT2D eigenvalue weighted by molar-refractivity contribution is 0.834. The lowest BCUT2D eigenvalue weighted by Gasteiger charge is -2.08. The number of hydrogen-bond acceptors (Lipinski definition) is 5. The molecule has 0 radical (unpaired) electrons. The van der Waals surface area contributed by atoms with E-state index in [-0.39, 0.29) is 0 Å². The summed E-state index contributed by atoms with van der Waals surface area (Å²) in [7, 11) is 0. The Labute approximate surface area is 117 Å². The third kappa shape index (κ3) is 2.91. The van der Waals surface area contributed by atoms with Crippen LogP contribution < -0.4 is 5.32 Å². The third-order valence-corrected chi connectivity index (χ3v) is 3.57. The molecular formula is C14H16N4S. The van der Waals surface area contributed by atoms with Gasteiger partial charge in [-0.2, -0.15) is 5.26 Å². The highest BCUT2D eigenvalue weighted by atomic mass is 32.1. The van der Waals surface area contributed by atoms with Crippen LogP contribution in [0.25, 0.3) is 0 Å². The van der Waals surface area contributed by atoms with E-state index in [1.807, 2.05) is 25.3 Å². The summed E-state index contributed by atoms with van der Waals surface area (Å²) in [6.07, 6.45) is 0. The molecule has 2 aromatic rings. The Morgan fingerprint density at radius 3 is 2.63 bits per heavy atom. The van der Waals surface area contributed by atoms with Crippen molar-refractivity contribution < 1.29 is 0 Å². The van der Waals surface area contributed by atoms with E-state index in [1.165, 1.54) is 11.3 Å². The van der Waals surface area contributed by atoms with Crippen LogP contribution in [0.5, 0.6) is 0 Å². The van der Waals surface area contributed by atoms with Crippen LogP contribution in [0.4, 0.5) is 10.9 Å².